The van der Waals surface area contributed by atoms with Gasteiger partial charge in [0.1, 0.15) is 5.60 Å². The first-order valence-electron chi connectivity index (χ1n) is 10.8. The first-order valence-corrected chi connectivity index (χ1v) is 10.8. The zero-order valence-electron chi connectivity index (χ0n) is 19.4. The first kappa shape index (κ1) is 24.6. The largest absolute Gasteiger partial charge is 0.444 e. The fraction of sp³-hybridized carbons (Fsp3) is 0.522. The van der Waals surface area contributed by atoms with Gasteiger partial charge in [0, 0.05) is 19.5 Å². The highest BCUT2D eigenvalue weighted by Gasteiger charge is 2.31. The molecule has 7 nitrogen and oxygen atoms in total. The third-order valence-corrected chi connectivity index (χ3v) is 5.37. The van der Waals surface area contributed by atoms with Crippen LogP contribution in [-0.2, 0) is 30.4 Å². The SMILES string of the molecule is CCn1c(NC(C)c2ccc(C(F)(F)F)cc2)nc2c(c1=O)CN(C(=O)OC(C)(C)C)CC2. The van der Waals surface area contributed by atoms with Gasteiger partial charge < -0.3 is 15.0 Å². The van der Waals surface area contributed by atoms with Crippen LogP contribution < -0.4 is 10.9 Å². The number of amides is 1. The van der Waals surface area contributed by atoms with Crippen molar-refractivity contribution in [1.29, 1.82) is 0 Å². The van der Waals surface area contributed by atoms with Crippen molar-refractivity contribution in [2.24, 2.45) is 0 Å². The molecule has 33 heavy (non-hydrogen) atoms. The van der Waals surface area contributed by atoms with Gasteiger partial charge in [0.05, 0.1) is 29.4 Å². The molecule has 1 N–H and O–H groups in total. The van der Waals surface area contributed by atoms with Crippen molar-refractivity contribution >= 4 is 12.0 Å². The molecule has 2 aromatic rings. The average Bonchev–Trinajstić information content (AvgIpc) is 2.72. The van der Waals surface area contributed by atoms with E-state index >= 15 is 0 Å². The number of anilines is 1. The van der Waals surface area contributed by atoms with Crippen LogP contribution in [0.15, 0.2) is 29.1 Å². The second-order valence-electron chi connectivity index (χ2n) is 9.05. The molecule has 10 heteroatoms. The predicted molar refractivity (Wildman–Crippen MR) is 118 cm³/mol. The summed E-state index contributed by atoms with van der Waals surface area (Å²) in [4.78, 5) is 31.7. The summed E-state index contributed by atoms with van der Waals surface area (Å²) in [5.41, 5.74) is 0.0758. The molecule has 0 fully saturated rings. The van der Waals surface area contributed by atoms with E-state index in [1.807, 2.05) is 0 Å². The number of carbonyl (C=O) groups excluding carboxylic acids is 1. The summed E-state index contributed by atoms with van der Waals surface area (Å²) in [5.74, 6) is 0.347. The summed E-state index contributed by atoms with van der Waals surface area (Å²) in [6.45, 7) is 9.77. The van der Waals surface area contributed by atoms with Gasteiger partial charge >= 0.3 is 12.3 Å². The van der Waals surface area contributed by atoms with Crippen molar-refractivity contribution < 1.29 is 22.7 Å². The summed E-state index contributed by atoms with van der Waals surface area (Å²) in [6, 6.07) is 4.51. The van der Waals surface area contributed by atoms with Crippen molar-refractivity contribution in [1.82, 2.24) is 14.5 Å². The van der Waals surface area contributed by atoms with Gasteiger partial charge in [0.15, 0.2) is 0 Å². The number of benzene rings is 1. The Labute approximate surface area is 190 Å². The Balaban J connectivity index is 1.83. The summed E-state index contributed by atoms with van der Waals surface area (Å²) in [6.07, 6.45) is -4.48. The Kier molecular flexibility index (Phi) is 6.76. The second-order valence-corrected chi connectivity index (χ2v) is 9.05. The Morgan fingerprint density at radius 1 is 1.21 bits per heavy atom. The summed E-state index contributed by atoms with van der Waals surface area (Å²) in [5, 5.41) is 3.16. The van der Waals surface area contributed by atoms with E-state index in [1.54, 1.807) is 34.6 Å². The molecule has 0 saturated heterocycles. The van der Waals surface area contributed by atoms with Crippen molar-refractivity contribution in [2.45, 2.75) is 71.9 Å². The molecule has 1 aromatic carbocycles. The van der Waals surface area contributed by atoms with Crippen LogP contribution in [-0.4, -0.2) is 32.7 Å². The number of aromatic nitrogens is 2. The molecule has 1 atom stereocenters. The lowest BCUT2D eigenvalue weighted by Gasteiger charge is -2.31. The van der Waals surface area contributed by atoms with Crippen LogP contribution in [0.25, 0.3) is 0 Å². The summed E-state index contributed by atoms with van der Waals surface area (Å²) < 4.78 is 45.4. The third-order valence-electron chi connectivity index (χ3n) is 5.37. The van der Waals surface area contributed by atoms with Crippen LogP contribution in [0.5, 0.6) is 0 Å². The van der Waals surface area contributed by atoms with Crippen LogP contribution in [0.2, 0.25) is 0 Å². The maximum Gasteiger partial charge on any atom is 0.416 e. The maximum atomic E-state index is 13.2. The Bertz CT molecular complexity index is 1070. The standard InChI is InChI=1S/C23H29F3N4O3/c1-6-30-19(31)17-13-29(21(32)33-22(3,4)5)12-11-18(17)28-20(30)27-14(2)15-7-9-16(10-8-15)23(24,25)26/h7-10,14H,6,11-13H2,1-5H3,(H,27,28). The summed E-state index contributed by atoms with van der Waals surface area (Å²) >= 11 is 0. The molecular formula is C23H29F3N4O3. The van der Waals surface area contributed by atoms with E-state index in [1.165, 1.54) is 21.6 Å². The fourth-order valence-corrected chi connectivity index (χ4v) is 3.64. The Morgan fingerprint density at radius 2 is 1.85 bits per heavy atom. The van der Waals surface area contributed by atoms with Gasteiger partial charge in [-0.15, -0.1) is 0 Å². The van der Waals surface area contributed by atoms with E-state index in [4.69, 9.17) is 4.74 Å². The van der Waals surface area contributed by atoms with Gasteiger partial charge in [0.25, 0.3) is 5.56 Å². The molecule has 1 unspecified atom stereocenters. The van der Waals surface area contributed by atoms with Gasteiger partial charge in [0.2, 0.25) is 5.95 Å². The molecule has 0 spiro atoms. The monoisotopic (exact) mass is 466 g/mol. The molecule has 0 bridgehead atoms. The molecule has 1 aromatic heterocycles. The van der Waals surface area contributed by atoms with Crippen LogP contribution in [0.4, 0.5) is 23.9 Å². The zero-order chi connectivity index (χ0) is 24.6. The molecule has 1 aliphatic heterocycles. The molecule has 1 aliphatic rings. The van der Waals surface area contributed by atoms with Crippen LogP contribution in [0.3, 0.4) is 0 Å². The van der Waals surface area contributed by atoms with E-state index in [-0.39, 0.29) is 18.1 Å². The third kappa shape index (κ3) is 5.66. The van der Waals surface area contributed by atoms with Gasteiger partial charge in [-0.05, 0) is 52.3 Å². The highest BCUT2D eigenvalue weighted by atomic mass is 19.4. The normalized spacial score (nSPS) is 15.1. The second kappa shape index (κ2) is 9.07. The van der Waals surface area contributed by atoms with Gasteiger partial charge in [-0.25, -0.2) is 9.78 Å². The quantitative estimate of drug-likeness (QED) is 0.704. The highest BCUT2D eigenvalue weighted by molar-refractivity contribution is 5.68. The number of hydrogen-bond donors (Lipinski definition) is 1. The number of hydrogen-bond acceptors (Lipinski definition) is 5. The van der Waals surface area contributed by atoms with E-state index in [0.29, 0.717) is 42.3 Å². The Morgan fingerprint density at radius 3 is 2.39 bits per heavy atom. The number of rotatable bonds is 4. The van der Waals surface area contributed by atoms with E-state index in [0.717, 1.165) is 12.1 Å². The highest BCUT2D eigenvalue weighted by Crippen LogP contribution is 2.30. The molecule has 0 saturated carbocycles. The van der Waals surface area contributed by atoms with Crippen LogP contribution >= 0.6 is 0 Å². The van der Waals surface area contributed by atoms with Crippen molar-refractivity contribution in [3.05, 3.63) is 57.0 Å². The molecule has 1 amide bonds. The van der Waals surface area contributed by atoms with Gasteiger partial charge in [-0.2, -0.15) is 13.2 Å². The fourth-order valence-electron chi connectivity index (χ4n) is 3.64. The molecule has 0 aliphatic carbocycles. The van der Waals surface area contributed by atoms with Crippen LogP contribution in [0, 0.1) is 0 Å². The molecule has 2 heterocycles. The first-order chi connectivity index (χ1) is 15.3. The van der Waals surface area contributed by atoms with Gasteiger partial charge in [-0.1, -0.05) is 12.1 Å². The van der Waals surface area contributed by atoms with Crippen molar-refractivity contribution in [3.63, 3.8) is 0 Å². The number of alkyl halides is 3. The lowest BCUT2D eigenvalue weighted by Crippen LogP contribution is -2.43. The van der Waals surface area contributed by atoms with E-state index in [9.17, 15) is 22.8 Å². The lowest BCUT2D eigenvalue weighted by molar-refractivity contribution is -0.137. The predicted octanol–water partition coefficient (Wildman–Crippen LogP) is 4.75. The number of ether oxygens (including phenoxy) is 1. The minimum absolute atomic E-state index is 0.116. The maximum absolute atomic E-state index is 13.2. The number of fused-ring (bicyclic) bond motifs is 1. The number of nitrogens with zero attached hydrogens (tertiary/aromatic N) is 3. The molecular weight excluding hydrogens is 437 g/mol. The smallest absolute Gasteiger partial charge is 0.416 e. The molecule has 3 rings (SSSR count). The number of halogens is 3. The Hall–Kier alpha value is -3.04. The zero-order valence-corrected chi connectivity index (χ0v) is 19.4. The molecule has 0 radical (unpaired) electrons. The number of nitrogens with one attached hydrogen (secondary N) is 1. The van der Waals surface area contributed by atoms with E-state index < -0.39 is 23.4 Å². The number of carbonyl (C=O) groups is 1. The topological polar surface area (TPSA) is 76.5 Å². The van der Waals surface area contributed by atoms with E-state index in [2.05, 4.69) is 10.3 Å². The van der Waals surface area contributed by atoms with Crippen molar-refractivity contribution in [2.75, 3.05) is 11.9 Å². The lowest BCUT2D eigenvalue weighted by atomic mass is 10.1. The average molecular weight is 467 g/mol. The summed E-state index contributed by atoms with van der Waals surface area (Å²) in [7, 11) is 0. The molecule has 180 valence electrons. The van der Waals surface area contributed by atoms with Gasteiger partial charge in [-0.3, -0.25) is 9.36 Å². The van der Waals surface area contributed by atoms with Crippen molar-refractivity contribution in [3.8, 4) is 0 Å². The minimum atomic E-state index is -4.40. The minimum Gasteiger partial charge on any atom is -0.444 e. The van der Waals surface area contributed by atoms with Crippen LogP contribution in [0.1, 0.15) is 63.0 Å².